The third-order valence-corrected chi connectivity index (χ3v) is 5.41. The van der Waals surface area contributed by atoms with Gasteiger partial charge in [-0.15, -0.1) is 0 Å². The molecule has 0 aliphatic heterocycles. The van der Waals surface area contributed by atoms with Crippen molar-refractivity contribution in [3.63, 3.8) is 0 Å². The number of nitrogens with zero attached hydrogens (tertiary/aromatic N) is 2. The average Bonchev–Trinajstić information content (AvgIpc) is 3.00. The normalized spacial score (nSPS) is 11.4. The molecule has 2 aromatic carbocycles. The lowest BCUT2D eigenvalue weighted by Gasteiger charge is -2.12. The molecule has 6 heteroatoms. The summed E-state index contributed by atoms with van der Waals surface area (Å²) in [6, 6.07) is 15.1. The SMILES string of the molecule is CCCSc1nc2c([nH]c3ccccc32)c(=O)n1-c1ccc(Cl)cc1. The van der Waals surface area contributed by atoms with Crippen LogP contribution in [0, 0.1) is 0 Å². The fraction of sp³-hybridized carbons (Fsp3) is 0.158. The summed E-state index contributed by atoms with van der Waals surface area (Å²) in [5.74, 6) is 0.897. The zero-order valence-electron chi connectivity index (χ0n) is 13.6. The number of thioether (sulfide) groups is 1. The molecule has 0 fully saturated rings. The van der Waals surface area contributed by atoms with E-state index in [9.17, 15) is 4.79 Å². The smallest absolute Gasteiger partial charge is 0.283 e. The number of H-pyrrole nitrogens is 1. The Balaban J connectivity index is 2.05. The Morgan fingerprint density at radius 1 is 1.16 bits per heavy atom. The number of benzene rings is 2. The second kappa shape index (κ2) is 6.58. The zero-order valence-corrected chi connectivity index (χ0v) is 15.2. The first-order valence-electron chi connectivity index (χ1n) is 8.11. The van der Waals surface area contributed by atoms with E-state index in [1.807, 2.05) is 36.4 Å². The van der Waals surface area contributed by atoms with Crippen molar-refractivity contribution in [3.05, 3.63) is 63.9 Å². The van der Waals surface area contributed by atoms with Crippen LogP contribution in [0.25, 0.3) is 27.6 Å². The van der Waals surface area contributed by atoms with Gasteiger partial charge in [-0.2, -0.15) is 0 Å². The Hall–Kier alpha value is -2.24. The molecular formula is C19H16ClN3OS. The minimum absolute atomic E-state index is 0.0953. The van der Waals surface area contributed by atoms with Crippen LogP contribution in [-0.4, -0.2) is 20.3 Å². The van der Waals surface area contributed by atoms with Crippen LogP contribution in [0.15, 0.2) is 58.5 Å². The van der Waals surface area contributed by atoms with Gasteiger partial charge in [0.1, 0.15) is 11.0 Å². The highest BCUT2D eigenvalue weighted by molar-refractivity contribution is 7.99. The van der Waals surface area contributed by atoms with Gasteiger partial charge in [0.2, 0.25) is 0 Å². The number of aromatic nitrogens is 3. The van der Waals surface area contributed by atoms with E-state index in [2.05, 4.69) is 11.9 Å². The topological polar surface area (TPSA) is 50.7 Å². The maximum absolute atomic E-state index is 13.2. The van der Waals surface area contributed by atoms with Crippen LogP contribution in [0.4, 0.5) is 0 Å². The summed E-state index contributed by atoms with van der Waals surface area (Å²) in [5, 5.41) is 2.31. The van der Waals surface area contributed by atoms with Gasteiger partial charge < -0.3 is 4.98 Å². The number of fused-ring (bicyclic) bond motifs is 3. The summed E-state index contributed by atoms with van der Waals surface area (Å²) in [4.78, 5) is 21.3. The first kappa shape index (κ1) is 16.2. The monoisotopic (exact) mass is 369 g/mol. The molecule has 0 saturated carbocycles. The van der Waals surface area contributed by atoms with Crippen molar-refractivity contribution in [1.82, 2.24) is 14.5 Å². The van der Waals surface area contributed by atoms with E-state index < -0.39 is 0 Å². The molecule has 2 aromatic heterocycles. The van der Waals surface area contributed by atoms with E-state index in [-0.39, 0.29) is 5.56 Å². The molecule has 25 heavy (non-hydrogen) atoms. The van der Waals surface area contributed by atoms with E-state index in [4.69, 9.17) is 16.6 Å². The minimum Gasteiger partial charge on any atom is -0.349 e. The van der Waals surface area contributed by atoms with Crippen molar-refractivity contribution in [2.45, 2.75) is 18.5 Å². The Bertz CT molecular complexity index is 1120. The van der Waals surface area contributed by atoms with E-state index in [1.165, 1.54) is 0 Å². The van der Waals surface area contributed by atoms with Gasteiger partial charge in [0.15, 0.2) is 5.16 Å². The van der Waals surface area contributed by atoms with Crippen LogP contribution in [0.3, 0.4) is 0 Å². The fourth-order valence-electron chi connectivity index (χ4n) is 2.85. The molecule has 4 rings (SSSR count). The van der Waals surface area contributed by atoms with Crippen LogP contribution in [0.2, 0.25) is 5.02 Å². The molecule has 4 aromatic rings. The minimum atomic E-state index is -0.0953. The van der Waals surface area contributed by atoms with Gasteiger partial charge in [0.05, 0.1) is 5.69 Å². The van der Waals surface area contributed by atoms with Gasteiger partial charge in [-0.25, -0.2) is 4.98 Å². The molecule has 4 nitrogen and oxygen atoms in total. The van der Waals surface area contributed by atoms with Crippen LogP contribution in [-0.2, 0) is 0 Å². The van der Waals surface area contributed by atoms with E-state index in [1.54, 1.807) is 28.5 Å². The number of hydrogen-bond acceptors (Lipinski definition) is 3. The zero-order chi connectivity index (χ0) is 17.4. The standard InChI is InChI=1S/C19H16ClN3OS/c1-2-11-25-19-22-16-14-5-3-4-6-15(14)21-17(16)18(24)23(19)13-9-7-12(20)8-10-13/h3-10,21H,2,11H2,1H3. The second-order valence-electron chi connectivity index (χ2n) is 5.75. The molecule has 0 aliphatic carbocycles. The van der Waals surface area contributed by atoms with Gasteiger partial charge >= 0.3 is 0 Å². The number of nitrogens with one attached hydrogen (secondary N) is 1. The van der Waals surface area contributed by atoms with E-state index in [0.717, 1.165) is 34.3 Å². The summed E-state index contributed by atoms with van der Waals surface area (Å²) in [6.45, 7) is 2.11. The Labute approximate surface area is 153 Å². The highest BCUT2D eigenvalue weighted by atomic mass is 35.5. The summed E-state index contributed by atoms with van der Waals surface area (Å²) < 4.78 is 1.66. The number of aromatic amines is 1. The molecule has 0 atom stereocenters. The summed E-state index contributed by atoms with van der Waals surface area (Å²) in [6.07, 6.45) is 1.01. The third kappa shape index (κ3) is 2.83. The maximum atomic E-state index is 13.2. The molecule has 0 amide bonds. The van der Waals surface area contributed by atoms with Crippen molar-refractivity contribution in [2.24, 2.45) is 0 Å². The first-order chi connectivity index (χ1) is 12.2. The van der Waals surface area contributed by atoms with Crippen molar-refractivity contribution >= 4 is 45.3 Å². The molecule has 126 valence electrons. The molecule has 0 radical (unpaired) electrons. The molecule has 0 saturated heterocycles. The van der Waals surface area contributed by atoms with Crippen LogP contribution < -0.4 is 5.56 Å². The van der Waals surface area contributed by atoms with Gasteiger partial charge in [0, 0.05) is 21.7 Å². The molecule has 0 bridgehead atoms. The lowest BCUT2D eigenvalue weighted by atomic mass is 10.2. The third-order valence-electron chi connectivity index (χ3n) is 4.01. The molecule has 0 unspecified atom stereocenters. The van der Waals surface area contributed by atoms with E-state index in [0.29, 0.717) is 15.7 Å². The highest BCUT2D eigenvalue weighted by Gasteiger charge is 2.16. The molecule has 1 N–H and O–H groups in total. The van der Waals surface area contributed by atoms with Gasteiger partial charge in [0.25, 0.3) is 5.56 Å². The van der Waals surface area contributed by atoms with Crippen molar-refractivity contribution in [1.29, 1.82) is 0 Å². The predicted molar refractivity (Wildman–Crippen MR) is 105 cm³/mol. The molecule has 0 aliphatic rings. The Morgan fingerprint density at radius 3 is 2.68 bits per heavy atom. The Morgan fingerprint density at radius 2 is 1.92 bits per heavy atom. The maximum Gasteiger partial charge on any atom is 0.283 e. The lowest BCUT2D eigenvalue weighted by molar-refractivity contribution is 0.818. The Kier molecular flexibility index (Phi) is 4.27. The number of rotatable bonds is 4. The van der Waals surface area contributed by atoms with Crippen molar-refractivity contribution < 1.29 is 0 Å². The van der Waals surface area contributed by atoms with Crippen molar-refractivity contribution in [3.8, 4) is 5.69 Å². The average molecular weight is 370 g/mol. The lowest BCUT2D eigenvalue weighted by Crippen LogP contribution is -2.21. The summed E-state index contributed by atoms with van der Waals surface area (Å²) >= 11 is 7.59. The van der Waals surface area contributed by atoms with E-state index >= 15 is 0 Å². The fourth-order valence-corrected chi connectivity index (χ4v) is 3.84. The molecule has 2 heterocycles. The van der Waals surface area contributed by atoms with Crippen molar-refractivity contribution in [2.75, 3.05) is 5.75 Å². The predicted octanol–water partition coefficient (Wildman–Crippen LogP) is 5.02. The van der Waals surface area contributed by atoms with Crippen LogP contribution in [0.1, 0.15) is 13.3 Å². The largest absolute Gasteiger partial charge is 0.349 e. The first-order valence-corrected chi connectivity index (χ1v) is 9.47. The van der Waals surface area contributed by atoms with Gasteiger partial charge in [-0.3, -0.25) is 9.36 Å². The number of halogens is 1. The number of para-hydroxylation sites is 1. The number of hydrogen-bond donors (Lipinski definition) is 1. The molecular weight excluding hydrogens is 354 g/mol. The van der Waals surface area contributed by atoms with Crippen LogP contribution >= 0.6 is 23.4 Å². The quantitative estimate of drug-likeness (QED) is 0.405. The highest BCUT2D eigenvalue weighted by Crippen LogP contribution is 2.26. The van der Waals surface area contributed by atoms with Gasteiger partial charge in [-0.1, -0.05) is 48.5 Å². The summed E-state index contributed by atoms with van der Waals surface area (Å²) in [7, 11) is 0. The van der Waals surface area contributed by atoms with Gasteiger partial charge in [-0.05, 0) is 36.8 Å². The second-order valence-corrected chi connectivity index (χ2v) is 7.25. The summed E-state index contributed by atoms with van der Waals surface area (Å²) in [5.41, 5.74) is 2.84. The van der Waals surface area contributed by atoms with Crippen LogP contribution in [0.5, 0.6) is 0 Å². The molecule has 0 spiro atoms.